The van der Waals surface area contributed by atoms with Crippen molar-refractivity contribution in [2.24, 2.45) is 7.05 Å². The van der Waals surface area contributed by atoms with Crippen LogP contribution >= 0.6 is 0 Å². The van der Waals surface area contributed by atoms with E-state index in [0.29, 0.717) is 67.8 Å². The summed E-state index contributed by atoms with van der Waals surface area (Å²) in [5.74, 6) is 1.15. The van der Waals surface area contributed by atoms with Gasteiger partial charge in [-0.2, -0.15) is 24.7 Å². The second-order valence-corrected chi connectivity index (χ2v) is 17.8. The summed E-state index contributed by atoms with van der Waals surface area (Å²) in [6.45, 7) is 9.61. The zero-order chi connectivity index (χ0) is 40.7. The minimum absolute atomic E-state index is 0.0228. The summed E-state index contributed by atoms with van der Waals surface area (Å²) >= 11 is 0. The van der Waals surface area contributed by atoms with E-state index in [9.17, 15) is 23.3 Å². The van der Waals surface area contributed by atoms with Gasteiger partial charge in [0.2, 0.25) is 21.9 Å². The molecule has 0 bridgehead atoms. The van der Waals surface area contributed by atoms with Crippen molar-refractivity contribution in [2.45, 2.75) is 75.8 Å². The topological polar surface area (TPSA) is 187 Å². The Hall–Kier alpha value is -5.70. The number of nitrogens with one attached hydrogen (secondary N) is 2. The molecule has 2 N–H and O–H groups in total. The molecule has 6 heterocycles. The normalized spacial score (nSPS) is 18.3. The number of nitrogens with zero attached hydrogens (tertiary/aromatic N) is 10. The van der Waals surface area contributed by atoms with Crippen LogP contribution in [0.15, 0.2) is 59.3 Å². The number of nitriles is 1. The van der Waals surface area contributed by atoms with Crippen LogP contribution in [0.1, 0.15) is 81.5 Å². The van der Waals surface area contributed by atoms with Crippen LogP contribution in [0.4, 0.5) is 16.6 Å². The van der Waals surface area contributed by atoms with Gasteiger partial charge in [0.25, 0.3) is 0 Å². The number of hydrogen-bond donors (Lipinski definition) is 2. The Balaban J connectivity index is 0.880. The number of aryl methyl sites for hydroxylation is 1. The first-order chi connectivity index (χ1) is 27.9. The molecule has 3 amide bonds. The number of likely N-dealkylation sites (tertiary alicyclic amines) is 1. The fraction of sp³-hybridized carbons (Fsp3) is 0.439. The molecular formula is C41H48N12O4S. The molecular weight excluding hydrogens is 757 g/mol. The number of hydrogen-bond acceptors (Lipinski definition) is 11. The molecule has 3 aliphatic rings. The maximum absolute atomic E-state index is 13.9. The van der Waals surface area contributed by atoms with Gasteiger partial charge < -0.3 is 5.32 Å². The Morgan fingerprint density at radius 2 is 1.81 bits per heavy atom. The van der Waals surface area contributed by atoms with Gasteiger partial charge in [0.15, 0.2) is 11.5 Å². The third-order valence-corrected chi connectivity index (χ3v) is 13.4. The molecule has 0 atom stereocenters. The van der Waals surface area contributed by atoms with Gasteiger partial charge in [-0.25, -0.2) is 22.9 Å². The van der Waals surface area contributed by atoms with Crippen molar-refractivity contribution in [1.82, 2.24) is 44.1 Å². The Labute approximate surface area is 337 Å². The first kappa shape index (κ1) is 39.1. The lowest BCUT2D eigenvalue weighted by Gasteiger charge is -2.32. The van der Waals surface area contributed by atoms with Crippen LogP contribution in [0.5, 0.6) is 0 Å². The number of aromatic nitrogens is 6. The van der Waals surface area contributed by atoms with Crippen LogP contribution in [0.2, 0.25) is 0 Å². The number of amides is 3. The smallest absolute Gasteiger partial charge is 0.329 e. The highest BCUT2D eigenvalue weighted by atomic mass is 32.2. The van der Waals surface area contributed by atoms with Gasteiger partial charge in [0.1, 0.15) is 0 Å². The average Bonchev–Trinajstić information content (AvgIpc) is 3.78. The molecule has 2 aromatic carbocycles. The third kappa shape index (κ3) is 7.79. The Bertz CT molecular complexity index is 2570. The maximum Gasteiger partial charge on any atom is 0.329 e. The van der Waals surface area contributed by atoms with Crippen molar-refractivity contribution in [1.29, 1.82) is 5.26 Å². The number of carbonyl (C=O) groups excluding carboxylic acids is 2. The predicted octanol–water partition coefficient (Wildman–Crippen LogP) is 5.16. The van der Waals surface area contributed by atoms with Crippen molar-refractivity contribution < 1.29 is 18.0 Å². The van der Waals surface area contributed by atoms with Crippen molar-refractivity contribution in [3.05, 3.63) is 71.1 Å². The van der Waals surface area contributed by atoms with E-state index in [1.807, 2.05) is 44.6 Å². The molecule has 0 aliphatic carbocycles. The molecule has 8 rings (SSSR count). The van der Waals surface area contributed by atoms with E-state index in [4.69, 9.17) is 0 Å². The van der Waals surface area contributed by atoms with E-state index in [-0.39, 0.29) is 29.3 Å². The lowest BCUT2D eigenvalue weighted by Crippen LogP contribution is -2.49. The van der Waals surface area contributed by atoms with Crippen LogP contribution < -0.4 is 15.5 Å². The zero-order valence-electron chi connectivity index (χ0n) is 33.2. The van der Waals surface area contributed by atoms with Gasteiger partial charge in [-0.05, 0) is 107 Å². The third-order valence-electron chi connectivity index (χ3n) is 11.5. The van der Waals surface area contributed by atoms with Crippen molar-refractivity contribution in [3.8, 4) is 6.07 Å². The molecule has 17 heteroatoms. The summed E-state index contributed by atoms with van der Waals surface area (Å²) in [7, 11) is -1.92. The number of rotatable bonds is 10. The summed E-state index contributed by atoms with van der Waals surface area (Å²) in [4.78, 5) is 37.4. The molecule has 3 aromatic heterocycles. The summed E-state index contributed by atoms with van der Waals surface area (Å²) in [5, 5.41) is 26.5. The number of anilines is 2. The standard InChI is InChI=1S/C41H48N12O4S/c1-26(2)53-38-32(24-44-53)23-43-40(47-38)45-33-11-16-51(17-12-33)58(56,57)34-7-5-30(22-42)31(20-34)19-27(3)25-50-14-9-28(10-15-50)29-6-8-35-36(21-29)49(4)48-39(35)52-18-13-37(54)46-41(52)55/h5-8,19-21,23-24,26,28,33H,9-18,25H2,1-4H3,(H,43,45,47)(H,46,54,55)/b27-19+. The van der Waals surface area contributed by atoms with E-state index in [0.717, 1.165) is 53.4 Å². The van der Waals surface area contributed by atoms with Gasteiger partial charge >= 0.3 is 6.03 Å². The highest BCUT2D eigenvalue weighted by Gasteiger charge is 2.31. The molecule has 3 saturated heterocycles. The molecule has 5 aromatic rings. The van der Waals surface area contributed by atoms with Crippen LogP contribution in [0.3, 0.4) is 0 Å². The summed E-state index contributed by atoms with van der Waals surface area (Å²) < 4.78 is 32.9. The highest BCUT2D eigenvalue weighted by molar-refractivity contribution is 7.89. The van der Waals surface area contributed by atoms with Crippen LogP contribution in [0, 0.1) is 11.3 Å². The molecule has 58 heavy (non-hydrogen) atoms. The summed E-state index contributed by atoms with van der Waals surface area (Å²) in [6, 6.07) is 13.1. The second kappa shape index (κ2) is 15.9. The highest BCUT2D eigenvalue weighted by Crippen LogP contribution is 2.34. The second-order valence-electron chi connectivity index (χ2n) is 15.9. The molecule has 0 saturated carbocycles. The van der Waals surface area contributed by atoms with Crippen molar-refractivity contribution >= 4 is 61.7 Å². The number of carbonyl (C=O) groups is 2. The van der Waals surface area contributed by atoms with E-state index < -0.39 is 16.1 Å². The predicted molar refractivity (Wildman–Crippen MR) is 221 cm³/mol. The Kier molecular flexibility index (Phi) is 10.7. The van der Waals surface area contributed by atoms with Gasteiger partial charge in [-0.1, -0.05) is 17.7 Å². The molecule has 302 valence electrons. The Morgan fingerprint density at radius 3 is 2.53 bits per heavy atom. The number of urea groups is 1. The largest absolute Gasteiger partial charge is 0.351 e. The van der Waals surface area contributed by atoms with E-state index >= 15 is 0 Å². The first-order valence-electron chi connectivity index (χ1n) is 19.9. The lowest BCUT2D eigenvalue weighted by molar-refractivity contribution is -0.120. The maximum atomic E-state index is 13.9. The van der Waals surface area contributed by atoms with Gasteiger partial charge in [0.05, 0.1) is 33.6 Å². The van der Waals surface area contributed by atoms with Crippen LogP contribution in [0.25, 0.3) is 28.0 Å². The summed E-state index contributed by atoms with van der Waals surface area (Å²) in [5.41, 5.74) is 4.99. The zero-order valence-corrected chi connectivity index (χ0v) is 34.0. The average molecular weight is 805 g/mol. The molecule has 0 spiro atoms. The quantitative estimate of drug-likeness (QED) is 0.190. The minimum atomic E-state index is -3.79. The first-order valence-corrected chi connectivity index (χ1v) is 21.3. The molecule has 3 aliphatic heterocycles. The fourth-order valence-electron chi connectivity index (χ4n) is 8.34. The van der Waals surface area contributed by atoms with Gasteiger partial charge in [0, 0.05) is 63.3 Å². The number of sulfonamides is 1. The van der Waals surface area contributed by atoms with Crippen molar-refractivity contribution in [2.75, 3.05) is 49.5 Å². The monoisotopic (exact) mass is 804 g/mol. The van der Waals surface area contributed by atoms with E-state index in [1.54, 1.807) is 29.2 Å². The van der Waals surface area contributed by atoms with Gasteiger partial charge in [-0.3, -0.25) is 24.6 Å². The number of benzene rings is 2. The molecule has 16 nitrogen and oxygen atoms in total. The van der Waals surface area contributed by atoms with E-state index in [2.05, 4.69) is 53.9 Å². The van der Waals surface area contributed by atoms with Crippen molar-refractivity contribution in [3.63, 3.8) is 0 Å². The SMILES string of the molecule is C/C(=C\c1cc(S(=O)(=O)N2CCC(Nc3ncc4cnn(C(C)C)c4n3)CC2)ccc1C#N)CN1CCC(c2ccc3c(N4CCC(=O)NC4=O)nn(C)c3c2)CC1. The number of fused-ring (bicyclic) bond motifs is 2. The lowest BCUT2D eigenvalue weighted by atomic mass is 9.88. The van der Waals surface area contributed by atoms with Crippen LogP contribution in [-0.2, 0) is 21.9 Å². The Morgan fingerprint density at radius 1 is 1.03 bits per heavy atom. The van der Waals surface area contributed by atoms with Gasteiger partial charge in [-0.15, -0.1) is 0 Å². The molecule has 0 unspecified atom stereocenters. The van der Waals surface area contributed by atoms with Crippen LogP contribution in [-0.4, -0.2) is 104 Å². The fourth-order valence-corrected chi connectivity index (χ4v) is 9.85. The van der Waals surface area contributed by atoms with E-state index in [1.165, 1.54) is 20.8 Å². The molecule has 0 radical (unpaired) electrons. The molecule has 3 fully saturated rings. The minimum Gasteiger partial charge on any atom is -0.351 e. The number of imide groups is 1. The number of piperidine rings is 2. The summed E-state index contributed by atoms with van der Waals surface area (Å²) in [6.07, 6.45) is 8.83.